The highest BCUT2D eigenvalue weighted by molar-refractivity contribution is 5.79. The summed E-state index contributed by atoms with van der Waals surface area (Å²) in [6.07, 6.45) is 2.34. The molecule has 0 aliphatic rings. The van der Waals surface area contributed by atoms with Gasteiger partial charge in [0.05, 0.1) is 11.0 Å². The maximum atomic E-state index is 12.0. The number of hydrogen-bond donors (Lipinski definition) is 2. The first-order valence-electron chi connectivity index (χ1n) is 7.16. The van der Waals surface area contributed by atoms with Crippen LogP contribution in [-0.4, -0.2) is 15.1 Å². The van der Waals surface area contributed by atoms with E-state index in [9.17, 15) is 9.90 Å². The fourth-order valence-corrected chi connectivity index (χ4v) is 2.27. The molecule has 3 aromatic rings. The van der Waals surface area contributed by atoms with Crippen LogP contribution in [0.15, 0.2) is 53.3 Å². The van der Waals surface area contributed by atoms with Crippen LogP contribution < -0.4 is 5.56 Å². The molecule has 0 saturated carbocycles. The van der Waals surface area contributed by atoms with Crippen LogP contribution in [0.5, 0.6) is 0 Å². The molecular formula is C18H16N2O2. The number of aryl methyl sites for hydroxylation is 1. The predicted octanol–water partition coefficient (Wildman–Crippen LogP) is 3.54. The smallest absolute Gasteiger partial charge is 0.274 e. The van der Waals surface area contributed by atoms with Crippen molar-refractivity contribution in [1.29, 1.82) is 0 Å². The Labute approximate surface area is 127 Å². The Hall–Kier alpha value is -2.88. The van der Waals surface area contributed by atoms with Gasteiger partial charge in [0, 0.05) is 11.6 Å². The van der Waals surface area contributed by atoms with E-state index in [1.165, 1.54) is 11.6 Å². The minimum atomic E-state index is -0.324. The second-order valence-electron chi connectivity index (χ2n) is 5.05. The normalized spacial score (nSPS) is 11.8. The Balaban J connectivity index is 2.02. The molecule has 0 atom stereocenters. The molecule has 22 heavy (non-hydrogen) atoms. The molecule has 0 radical (unpaired) electrons. The van der Waals surface area contributed by atoms with Gasteiger partial charge in [0.2, 0.25) is 0 Å². The van der Waals surface area contributed by atoms with E-state index in [0.29, 0.717) is 16.6 Å². The Morgan fingerprint density at radius 3 is 2.64 bits per heavy atom. The summed E-state index contributed by atoms with van der Waals surface area (Å²) in [6.45, 7) is 2.07. The zero-order chi connectivity index (χ0) is 15.5. The zero-order valence-corrected chi connectivity index (χ0v) is 12.2. The van der Waals surface area contributed by atoms with E-state index in [-0.39, 0.29) is 17.0 Å². The van der Waals surface area contributed by atoms with Crippen LogP contribution in [0.25, 0.3) is 22.9 Å². The molecule has 1 heterocycles. The quantitative estimate of drug-likeness (QED) is 0.726. The number of aromatic nitrogens is 2. The molecule has 4 heteroatoms. The lowest BCUT2D eigenvalue weighted by molar-refractivity contribution is 0.515. The van der Waals surface area contributed by atoms with Gasteiger partial charge < -0.3 is 10.1 Å². The third-order valence-corrected chi connectivity index (χ3v) is 3.56. The number of nitrogens with one attached hydrogen (secondary N) is 1. The summed E-state index contributed by atoms with van der Waals surface area (Å²) in [5.41, 5.74) is 3.08. The number of benzene rings is 2. The minimum absolute atomic E-state index is 0.0240. The lowest BCUT2D eigenvalue weighted by Crippen LogP contribution is -2.12. The Morgan fingerprint density at radius 2 is 1.91 bits per heavy atom. The first-order valence-corrected chi connectivity index (χ1v) is 7.16. The van der Waals surface area contributed by atoms with Crippen molar-refractivity contribution in [1.82, 2.24) is 9.97 Å². The number of fused-ring (bicyclic) bond motifs is 1. The van der Waals surface area contributed by atoms with Crippen LogP contribution >= 0.6 is 0 Å². The number of hydrogen-bond acceptors (Lipinski definition) is 3. The van der Waals surface area contributed by atoms with Crippen LogP contribution in [0.1, 0.15) is 23.7 Å². The monoisotopic (exact) mass is 292 g/mol. The first kappa shape index (κ1) is 14.1. The number of H-pyrrole nitrogens is 1. The topological polar surface area (TPSA) is 66.0 Å². The van der Waals surface area contributed by atoms with Crippen molar-refractivity contribution in [3.8, 4) is 0 Å². The van der Waals surface area contributed by atoms with Gasteiger partial charge in [0.1, 0.15) is 11.5 Å². The Morgan fingerprint density at radius 1 is 1.18 bits per heavy atom. The van der Waals surface area contributed by atoms with Gasteiger partial charge in [0.15, 0.2) is 0 Å². The Kier molecular flexibility index (Phi) is 3.74. The van der Waals surface area contributed by atoms with Crippen LogP contribution in [0.2, 0.25) is 0 Å². The Bertz CT molecular complexity index is 893. The van der Waals surface area contributed by atoms with Crippen molar-refractivity contribution in [3.63, 3.8) is 0 Å². The molecule has 3 rings (SSSR count). The molecule has 0 bridgehead atoms. The molecular weight excluding hydrogens is 276 g/mol. The average Bonchev–Trinajstić information content (AvgIpc) is 2.55. The number of aliphatic hydroxyl groups is 1. The highest BCUT2D eigenvalue weighted by Crippen LogP contribution is 2.15. The summed E-state index contributed by atoms with van der Waals surface area (Å²) in [6, 6.07) is 14.9. The molecule has 1 aromatic heterocycles. The van der Waals surface area contributed by atoms with E-state index >= 15 is 0 Å². The van der Waals surface area contributed by atoms with Gasteiger partial charge in [-0.05, 0) is 24.1 Å². The minimum Gasteiger partial charge on any atom is -0.507 e. The summed E-state index contributed by atoms with van der Waals surface area (Å²) in [5.74, 6) is 0.0240. The number of nitrogens with zero attached hydrogens (tertiary/aromatic N) is 1. The van der Waals surface area contributed by atoms with Gasteiger partial charge in [-0.25, -0.2) is 4.98 Å². The van der Waals surface area contributed by atoms with Gasteiger partial charge in [-0.15, -0.1) is 0 Å². The average molecular weight is 292 g/mol. The van der Waals surface area contributed by atoms with Gasteiger partial charge >= 0.3 is 0 Å². The molecule has 0 unspecified atom stereocenters. The predicted molar refractivity (Wildman–Crippen MR) is 88.7 cm³/mol. The standard InChI is InChI=1S/C18H16N2O2/c1-2-12-7-9-13(10-8-12)17(21)11-16-18(22)20-15-6-4-3-5-14(15)19-16/h3-11,21H,2H2,1H3,(H,20,22)/b17-11-. The largest absolute Gasteiger partial charge is 0.507 e. The van der Waals surface area contributed by atoms with Crippen molar-refractivity contribution < 1.29 is 5.11 Å². The third kappa shape index (κ3) is 2.76. The highest BCUT2D eigenvalue weighted by Gasteiger charge is 2.05. The summed E-state index contributed by atoms with van der Waals surface area (Å²) >= 11 is 0. The van der Waals surface area contributed by atoms with Crippen molar-refractivity contribution in [2.75, 3.05) is 0 Å². The van der Waals surface area contributed by atoms with E-state index in [0.717, 1.165) is 6.42 Å². The molecule has 0 fully saturated rings. The molecule has 0 aliphatic heterocycles. The third-order valence-electron chi connectivity index (χ3n) is 3.56. The second-order valence-corrected chi connectivity index (χ2v) is 5.05. The lowest BCUT2D eigenvalue weighted by atomic mass is 10.1. The summed E-state index contributed by atoms with van der Waals surface area (Å²) in [7, 11) is 0. The fraction of sp³-hybridized carbons (Fsp3) is 0.111. The summed E-state index contributed by atoms with van der Waals surface area (Å²) < 4.78 is 0. The van der Waals surface area contributed by atoms with E-state index in [1.807, 2.05) is 42.5 Å². The van der Waals surface area contributed by atoms with Crippen molar-refractivity contribution in [2.24, 2.45) is 0 Å². The maximum Gasteiger partial charge on any atom is 0.274 e. The molecule has 0 aliphatic carbocycles. The lowest BCUT2D eigenvalue weighted by Gasteiger charge is -2.03. The number of rotatable bonds is 3. The molecule has 2 aromatic carbocycles. The van der Waals surface area contributed by atoms with Crippen LogP contribution in [-0.2, 0) is 6.42 Å². The number of aliphatic hydroxyl groups excluding tert-OH is 1. The van der Waals surface area contributed by atoms with E-state index < -0.39 is 0 Å². The maximum absolute atomic E-state index is 12.0. The fourth-order valence-electron chi connectivity index (χ4n) is 2.27. The van der Waals surface area contributed by atoms with Crippen molar-refractivity contribution in [2.45, 2.75) is 13.3 Å². The van der Waals surface area contributed by atoms with Gasteiger partial charge in [-0.1, -0.05) is 43.3 Å². The first-order chi connectivity index (χ1) is 10.7. The van der Waals surface area contributed by atoms with Gasteiger partial charge in [0.25, 0.3) is 5.56 Å². The van der Waals surface area contributed by atoms with Crippen LogP contribution in [0.4, 0.5) is 0 Å². The molecule has 2 N–H and O–H groups in total. The number of aromatic amines is 1. The van der Waals surface area contributed by atoms with Crippen LogP contribution in [0.3, 0.4) is 0 Å². The summed E-state index contributed by atoms with van der Waals surface area (Å²) in [5, 5.41) is 10.2. The zero-order valence-electron chi connectivity index (χ0n) is 12.2. The molecule has 0 saturated heterocycles. The second kappa shape index (κ2) is 5.85. The van der Waals surface area contributed by atoms with Gasteiger partial charge in [-0.3, -0.25) is 4.79 Å². The van der Waals surface area contributed by atoms with Gasteiger partial charge in [-0.2, -0.15) is 0 Å². The molecule has 0 amide bonds. The molecule has 110 valence electrons. The van der Waals surface area contributed by atoms with Crippen molar-refractivity contribution in [3.05, 3.63) is 75.7 Å². The molecule has 4 nitrogen and oxygen atoms in total. The van der Waals surface area contributed by atoms with E-state index in [1.54, 1.807) is 6.07 Å². The molecule has 0 spiro atoms. The van der Waals surface area contributed by atoms with Crippen LogP contribution in [0, 0.1) is 0 Å². The van der Waals surface area contributed by atoms with E-state index in [2.05, 4.69) is 16.9 Å². The highest BCUT2D eigenvalue weighted by atomic mass is 16.3. The van der Waals surface area contributed by atoms with E-state index in [4.69, 9.17) is 0 Å². The SMILES string of the molecule is CCc1ccc(/C(O)=C/c2nc3ccccc3[nH]c2=O)cc1. The summed E-state index contributed by atoms with van der Waals surface area (Å²) in [4.78, 5) is 19.1. The van der Waals surface area contributed by atoms with Crippen molar-refractivity contribution >= 4 is 22.9 Å². The number of para-hydroxylation sites is 2.